The largest absolute Gasteiger partial charge is 0.456 e. The Morgan fingerprint density at radius 2 is 0.786 bits per heavy atom. The molecule has 0 atom stereocenters. The van der Waals surface area contributed by atoms with Gasteiger partial charge in [-0.2, -0.15) is 0 Å². The SMILES string of the molecule is c1ccc(-c2cccc(-c3nc(-c4ccccc4)nc(-c4ccc(-c5ccc(-c6cccc7oc8ccccc8c67)c6oc7ccccc7c56)cc4)n3)c2)cc1. The van der Waals surface area contributed by atoms with Crippen molar-refractivity contribution in [3.05, 3.63) is 188 Å². The zero-order chi connectivity index (χ0) is 37.0. The fourth-order valence-corrected chi connectivity index (χ4v) is 7.90. The Kier molecular flexibility index (Phi) is 7.42. The lowest BCUT2D eigenvalue weighted by molar-refractivity contribution is 0.668. The summed E-state index contributed by atoms with van der Waals surface area (Å²) in [6, 6.07) is 64.4. The minimum atomic E-state index is 0.611. The lowest BCUT2D eigenvalue weighted by Crippen LogP contribution is -2.00. The Morgan fingerprint density at radius 1 is 0.286 bits per heavy atom. The van der Waals surface area contributed by atoms with Crippen LogP contribution in [-0.2, 0) is 0 Å². The number of hydrogen-bond acceptors (Lipinski definition) is 5. The molecule has 0 amide bonds. The Labute approximate surface area is 322 Å². The average molecular weight is 718 g/mol. The molecule has 8 aromatic carbocycles. The summed E-state index contributed by atoms with van der Waals surface area (Å²) >= 11 is 0. The first-order valence-electron chi connectivity index (χ1n) is 18.7. The van der Waals surface area contributed by atoms with Crippen LogP contribution in [0.1, 0.15) is 0 Å². The van der Waals surface area contributed by atoms with Crippen molar-refractivity contribution in [2.45, 2.75) is 0 Å². The summed E-state index contributed by atoms with van der Waals surface area (Å²) in [5.74, 6) is 1.86. The van der Waals surface area contributed by atoms with Gasteiger partial charge in [0.2, 0.25) is 0 Å². The van der Waals surface area contributed by atoms with E-state index in [9.17, 15) is 0 Å². The molecule has 0 saturated carbocycles. The van der Waals surface area contributed by atoms with E-state index in [1.807, 2.05) is 66.7 Å². The van der Waals surface area contributed by atoms with E-state index < -0.39 is 0 Å². The second-order valence-electron chi connectivity index (χ2n) is 13.9. The molecule has 0 radical (unpaired) electrons. The maximum atomic E-state index is 6.72. The second-order valence-corrected chi connectivity index (χ2v) is 13.9. The third kappa shape index (κ3) is 5.37. The number of para-hydroxylation sites is 2. The maximum Gasteiger partial charge on any atom is 0.164 e. The normalized spacial score (nSPS) is 11.6. The Balaban J connectivity index is 1.04. The Bertz CT molecular complexity index is 3240. The molecule has 56 heavy (non-hydrogen) atoms. The predicted octanol–water partition coefficient (Wildman–Crippen LogP) is 13.7. The molecular weight excluding hydrogens is 687 g/mol. The molecule has 5 nitrogen and oxygen atoms in total. The molecule has 5 heteroatoms. The van der Waals surface area contributed by atoms with Crippen LogP contribution in [0.2, 0.25) is 0 Å². The lowest BCUT2D eigenvalue weighted by atomic mass is 9.92. The fourth-order valence-electron chi connectivity index (χ4n) is 7.90. The topological polar surface area (TPSA) is 65.0 Å². The van der Waals surface area contributed by atoms with Crippen LogP contribution in [0.3, 0.4) is 0 Å². The van der Waals surface area contributed by atoms with Gasteiger partial charge in [0.15, 0.2) is 17.5 Å². The highest BCUT2D eigenvalue weighted by Crippen LogP contribution is 2.45. The minimum absolute atomic E-state index is 0.611. The molecule has 0 saturated heterocycles. The van der Waals surface area contributed by atoms with E-state index in [1.54, 1.807) is 0 Å². The number of benzene rings is 8. The Hall–Kier alpha value is -7.63. The smallest absolute Gasteiger partial charge is 0.164 e. The molecule has 11 rings (SSSR count). The van der Waals surface area contributed by atoms with Gasteiger partial charge in [0.05, 0.1) is 0 Å². The van der Waals surface area contributed by atoms with Crippen molar-refractivity contribution >= 4 is 43.9 Å². The van der Waals surface area contributed by atoms with Crippen molar-refractivity contribution in [2.75, 3.05) is 0 Å². The molecule has 0 aliphatic carbocycles. The third-order valence-corrected chi connectivity index (χ3v) is 10.6. The van der Waals surface area contributed by atoms with Crippen LogP contribution in [0, 0.1) is 0 Å². The number of aromatic nitrogens is 3. The standard InChI is InChI=1S/C51H31N3O2/c1-3-13-32(14-4-1)36-17-11-18-37(31-36)51-53-49(34-15-5-2-6-16-34)52-50(54-51)35-27-25-33(26-28-35)38-29-30-40(48-47(38)42-20-8-10-23-44(42)56-48)39-21-12-24-45-46(39)41-19-7-9-22-43(41)55-45/h1-31H. The van der Waals surface area contributed by atoms with Crippen LogP contribution in [0.4, 0.5) is 0 Å². The fraction of sp³-hybridized carbons (Fsp3) is 0. The second kappa shape index (κ2) is 13.0. The van der Waals surface area contributed by atoms with Crippen LogP contribution in [0.5, 0.6) is 0 Å². The Morgan fingerprint density at radius 3 is 1.52 bits per heavy atom. The van der Waals surface area contributed by atoms with Crippen molar-refractivity contribution in [1.29, 1.82) is 0 Å². The average Bonchev–Trinajstić information content (AvgIpc) is 3.86. The number of rotatable bonds is 6. The van der Waals surface area contributed by atoms with Gasteiger partial charge in [0.1, 0.15) is 22.3 Å². The van der Waals surface area contributed by atoms with Gasteiger partial charge in [-0.1, -0.05) is 158 Å². The number of nitrogens with zero attached hydrogens (tertiary/aromatic N) is 3. The minimum Gasteiger partial charge on any atom is -0.456 e. The first kappa shape index (κ1) is 31.9. The highest BCUT2D eigenvalue weighted by molar-refractivity contribution is 6.20. The van der Waals surface area contributed by atoms with Gasteiger partial charge >= 0.3 is 0 Å². The molecule has 0 N–H and O–H groups in total. The molecule has 262 valence electrons. The van der Waals surface area contributed by atoms with E-state index in [4.69, 9.17) is 23.8 Å². The molecular formula is C51H31N3O2. The van der Waals surface area contributed by atoms with E-state index in [-0.39, 0.29) is 0 Å². The van der Waals surface area contributed by atoms with E-state index in [1.165, 1.54) is 0 Å². The van der Waals surface area contributed by atoms with E-state index in [2.05, 4.69) is 121 Å². The zero-order valence-electron chi connectivity index (χ0n) is 30.1. The summed E-state index contributed by atoms with van der Waals surface area (Å²) < 4.78 is 13.0. The first-order chi connectivity index (χ1) is 27.7. The van der Waals surface area contributed by atoms with Gasteiger partial charge in [0, 0.05) is 43.8 Å². The van der Waals surface area contributed by atoms with Crippen molar-refractivity contribution in [3.63, 3.8) is 0 Å². The third-order valence-electron chi connectivity index (χ3n) is 10.6. The van der Waals surface area contributed by atoms with E-state index >= 15 is 0 Å². The highest BCUT2D eigenvalue weighted by atomic mass is 16.3. The first-order valence-corrected chi connectivity index (χ1v) is 18.7. The van der Waals surface area contributed by atoms with Crippen molar-refractivity contribution in [3.8, 4) is 67.5 Å². The predicted molar refractivity (Wildman–Crippen MR) is 227 cm³/mol. The van der Waals surface area contributed by atoms with Crippen LogP contribution in [0.15, 0.2) is 197 Å². The molecule has 0 fully saturated rings. The molecule has 0 bridgehead atoms. The summed E-state index contributed by atoms with van der Waals surface area (Å²) in [5.41, 5.74) is 12.7. The van der Waals surface area contributed by atoms with Gasteiger partial charge in [-0.05, 0) is 58.1 Å². The van der Waals surface area contributed by atoms with Gasteiger partial charge in [-0.3, -0.25) is 0 Å². The summed E-state index contributed by atoms with van der Waals surface area (Å²) in [5, 5.41) is 4.31. The number of hydrogen-bond donors (Lipinski definition) is 0. The molecule has 0 spiro atoms. The molecule has 11 aromatic rings. The van der Waals surface area contributed by atoms with E-state index in [0.29, 0.717) is 17.5 Å². The van der Waals surface area contributed by atoms with Crippen LogP contribution in [-0.4, -0.2) is 15.0 Å². The summed E-state index contributed by atoms with van der Waals surface area (Å²) in [4.78, 5) is 15.1. The summed E-state index contributed by atoms with van der Waals surface area (Å²) in [6.45, 7) is 0. The zero-order valence-corrected chi connectivity index (χ0v) is 30.1. The highest BCUT2D eigenvalue weighted by Gasteiger charge is 2.21. The van der Waals surface area contributed by atoms with Gasteiger partial charge < -0.3 is 8.83 Å². The summed E-state index contributed by atoms with van der Waals surface area (Å²) in [6.07, 6.45) is 0. The van der Waals surface area contributed by atoms with Crippen molar-refractivity contribution < 1.29 is 8.83 Å². The number of fused-ring (bicyclic) bond motifs is 6. The maximum absolute atomic E-state index is 6.72. The lowest BCUT2D eigenvalue weighted by Gasteiger charge is -2.11. The van der Waals surface area contributed by atoms with Crippen LogP contribution in [0.25, 0.3) is 111 Å². The van der Waals surface area contributed by atoms with Gasteiger partial charge in [-0.25, -0.2) is 15.0 Å². The van der Waals surface area contributed by atoms with Crippen LogP contribution < -0.4 is 0 Å². The van der Waals surface area contributed by atoms with E-state index in [0.717, 1.165) is 93.9 Å². The van der Waals surface area contributed by atoms with Gasteiger partial charge in [-0.15, -0.1) is 0 Å². The number of furan rings is 2. The molecule has 3 aromatic heterocycles. The van der Waals surface area contributed by atoms with Crippen LogP contribution >= 0.6 is 0 Å². The molecule has 0 aliphatic rings. The van der Waals surface area contributed by atoms with Crippen molar-refractivity contribution in [2.24, 2.45) is 0 Å². The monoisotopic (exact) mass is 717 g/mol. The molecule has 0 unspecified atom stereocenters. The van der Waals surface area contributed by atoms with Gasteiger partial charge in [0.25, 0.3) is 0 Å². The quantitative estimate of drug-likeness (QED) is 0.171. The summed E-state index contributed by atoms with van der Waals surface area (Å²) in [7, 11) is 0. The van der Waals surface area contributed by atoms with Crippen molar-refractivity contribution in [1.82, 2.24) is 15.0 Å². The molecule has 3 heterocycles. The molecule has 0 aliphatic heterocycles.